The van der Waals surface area contributed by atoms with Crippen LogP contribution >= 0.6 is 15.9 Å². The number of hydrogen-bond donors (Lipinski definition) is 0. The average Bonchev–Trinajstić information content (AvgIpc) is 2.16. The van der Waals surface area contributed by atoms with Gasteiger partial charge in [-0.15, -0.1) is 9.05 Å². The van der Waals surface area contributed by atoms with Gasteiger partial charge in [0.1, 0.15) is 13.2 Å². The van der Waals surface area contributed by atoms with Crippen LogP contribution in [0.1, 0.15) is 0 Å². The van der Waals surface area contributed by atoms with Gasteiger partial charge in [0.25, 0.3) is 0 Å². The van der Waals surface area contributed by atoms with E-state index in [1.165, 1.54) is 6.66 Å². The summed E-state index contributed by atoms with van der Waals surface area (Å²) in [5.74, 6) is 0. The SMILES string of the molecule is CP1(=O)OCC2(CO[P+](=O)OC2)CO1. The van der Waals surface area contributed by atoms with Crippen molar-refractivity contribution in [2.75, 3.05) is 33.1 Å². The molecular weight excluding hydrogens is 230 g/mol. The molecule has 0 atom stereocenters. The summed E-state index contributed by atoms with van der Waals surface area (Å²) in [6, 6.07) is 0. The van der Waals surface area contributed by atoms with Crippen LogP contribution in [0, 0.1) is 5.41 Å². The third kappa shape index (κ3) is 2.22. The molecule has 0 radical (unpaired) electrons. The fraction of sp³-hybridized carbons (Fsp3) is 1.00. The molecule has 0 aromatic rings. The van der Waals surface area contributed by atoms with E-state index in [9.17, 15) is 9.13 Å². The monoisotopic (exact) mass is 241 g/mol. The Kier molecular flexibility index (Phi) is 2.77. The Morgan fingerprint density at radius 3 is 2.14 bits per heavy atom. The molecule has 0 amide bonds. The van der Waals surface area contributed by atoms with Gasteiger partial charge in [-0.3, -0.25) is 4.57 Å². The fourth-order valence-corrected chi connectivity index (χ4v) is 3.14. The predicted octanol–water partition coefficient (Wildman–Crippen LogP) is 1.55. The standard InChI is InChI=1S/C6H11O6P2/c1-14(8)11-4-6(5-12-14)2-9-13(7)10-3-6/h2-5H2,1H3/q+1. The summed E-state index contributed by atoms with van der Waals surface area (Å²) in [4.78, 5) is 0. The minimum atomic E-state index is -2.88. The molecule has 0 unspecified atom stereocenters. The minimum Gasteiger partial charge on any atom is -0.308 e. The van der Waals surface area contributed by atoms with Crippen LogP contribution in [-0.2, 0) is 27.2 Å². The molecule has 2 saturated heterocycles. The summed E-state index contributed by atoms with van der Waals surface area (Å²) in [5.41, 5.74) is -0.451. The smallest absolute Gasteiger partial charge is 0.308 e. The molecule has 1 spiro atoms. The Labute approximate surface area is 82.3 Å². The van der Waals surface area contributed by atoms with Gasteiger partial charge < -0.3 is 9.05 Å². The second kappa shape index (κ2) is 3.63. The van der Waals surface area contributed by atoms with Crippen molar-refractivity contribution in [2.45, 2.75) is 0 Å². The van der Waals surface area contributed by atoms with E-state index in [4.69, 9.17) is 18.1 Å². The summed E-state index contributed by atoms with van der Waals surface area (Å²) in [6.07, 6.45) is 0. The van der Waals surface area contributed by atoms with Crippen molar-refractivity contribution in [1.82, 2.24) is 0 Å². The van der Waals surface area contributed by atoms with Crippen molar-refractivity contribution in [2.24, 2.45) is 5.41 Å². The lowest BCUT2D eigenvalue weighted by atomic mass is 9.93. The van der Waals surface area contributed by atoms with E-state index in [1.807, 2.05) is 0 Å². The maximum atomic E-state index is 11.3. The largest absolute Gasteiger partial charge is 0.697 e. The molecule has 8 heteroatoms. The highest BCUT2D eigenvalue weighted by Gasteiger charge is 2.48. The highest BCUT2D eigenvalue weighted by atomic mass is 31.2. The van der Waals surface area contributed by atoms with Crippen LogP contribution in [0.5, 0.6) is 0 Å². The minimum absolute atomic E-state index is 0.252. The molecule has 0 aromatic carbocycles. The Morgan fingerprint density at radius 1 is 1.14 bits per heavy atom. The van der Waals surface area contributed by atoms with Crippen LogP contribution in [0.3, 0.4) is 0 Å². The van der Waals surface area contributed by atoms with Crippen LogP contribution < -0.4 is 0 Å². The quantitative estimate of drug-likeness (QED) is 0.599. The summed E-state index contributed by atoms with van der Waals surface area (Å²) >= 11 is 0. The lowest BCUT2D eigenvalue weighted by Gasteiger charge is -2.36. The van der Waals surface area contributed by atoms with E-state index in [1.54, 1.807) is 0 Å². The maximum absolute atomic E-state index is 11.3. The molecule has 80 valence electrons. The van der Waals surface area contributed by atoms with Gasteiger partial charge in [0.2, 0.25) is 0 Å². The van der Waals surface area contributed by atoms with Gasteiger partial charge in [-0.2, -0.15) is 0 Å². The Hall–Kier alpha value is 0.170. The first-order valence-corrected chi connectivity index (χ1v) is 7.20. The van der Waals surface area contributed by atoms with Gasteiger partial charge in [0, 0.05) is 11.2 Å². The molecule has 0 aromatic heterocycles. The normalized spacial score (nSPS) is 46.8. The van der Waals surface area contributed by atoms with Crippen molar-refractivity contribution < 1.29 is 27.2 Å². The van der Waals surface area contributed by atoms with E-state index in [2.05, 4.69) is 0 Å². The maximum Gasteiger partial charge on any atom is 0.697 e. The molecule has 6 nitrogen and oxygen atoms in total. The molecule has 2 aliphatic heterocycles. The second-order valence-electron chi connectivity index (χ2n) is 3.59. The van der Waals surface area contributed by atoms with Gasteiger partial charge in [0.05, 0.1) is 18.6 Å². The van der Waals surface area contributed by atoms with Gasteiger partial charge in [-0.25, -0.2) is 0 Å². The fourth-order valence-electron chi connectivity index (χ4n) is 1.21. The molecule has 0 saturated carbocycles. The van der Waals surface area contributed by atoms with Crippen molar-refractivity contribution in [3.05, 3.63) is 0 Å². The van der Waals surface area contributed by atoms with Gasteiger partial charge in [0.15, 0.2) is 0 Å². The van der Waals surface area contributed by atoms with Crippen LogP contribution in [-0.4, -0.2) is 33.1 Å². The summed E-state index contributed by atoms with van der Waals surface area (Å²) in [6.45, 7) is 2.43. The van der Waals surface area contributed by atoms with Crippen molar-refractivity contribution in [3.63, 3.8) is 0 Å². The number of rotatable bonds is 0. The van der Waals surface area contributed by atoms with Gasteiger partial charge >= 0.3 is 15.9 Å². The first kappa shape index (κ1) is 10.7. The van der Waals surface area contributed by atoms with Crippen molar-refractivity contribution >= 4 is 15.9 Å². The topological polar surface area (TPSA) is 71.1 Å². The molecular formula is C6H11O6P2+. The van der Waals surface area contributed by atoms with E-state index >= 15 is 0 Å². The first-order valence-electron chi connectivity index (χ1n) is 4.11. The highest BCUT2D eigenvalue weighted by Crippen LogP contribution is 2.52. The summed E-state index contributed by atoms with van der Waals surface area (Å²) in [5, 5.41) is 0. The van der Waals surface area contributed by atoms with Crippen LogP contribution in [0.15, 0.2) is 0 Å². The zero-order chi connectivity index (χ0) is 10.2. The van der Waals surface area contributed by atoms with Gasteiger partial charge in [-0.1, -0.05) is 0 Å². The molecule has 14 heavy (non-hydrogen) atoms. The van der Waals surface area contributed by atoms with E-state index in [0.717, 1.165) is 0 Å². The van der Waals surface area contributed by atoms with Gasteiger partial charge in [-0.05, 0) is 0 Å². The lowest BCUT2D eigenvalue weighted by Crippen LogP contribution is -2.44. The number of hydrogen-bond acceptors (Lipinski definition) is 6. The predicted molar refractivity (Wildman–Crippen MR) is 47.4 cm³/mol. The van der Waals surface area contributed by atoms with Crippen LogP contribution in [0.4, 0.5) is 0 Å². The lowest BCUT2D eigenvalue weighted by molar-refractivity contribution is -0.0625. The molecule has 2 heterocycles. The van der Waals surface area contributed by atoms with E-state index in [-0.39, 0.29) is 26.4 Å². The van der Waals surface area contributed by atoms with Crippen molar-refractivity contribution in [1.29, 1.82) is 0 Å². The molecule has 2 aliphatic rings. The summed E-state index contributed by atoms with van der Waals surface area (Å²) in [7, 11) is -4.87. The van der Waals surface area contributed by atoms with Crippen molar-refractivity contribution in [3.8, 4) is 0 Å². The second-order valence-corrected chi connectivity index (χ2v) is 6.61. The van der Waals surface area contributed by atoms with E-state index in [0.29, 0.717) is 0 Å². The molecule has 0 aliphatic carbocycles. The molecule has 2 rings (SSSR count). The zero-order valence-electron chi connectivity index (χ0n) is 7.67. The molecule has 2 fully saturated rings. The molecule has 0 bridgehead atoms. The zero-order valence-corrected chi connectivity index (χ0v) is 9.46. The third-order valence-electron chi connectivity index (χ3n) is 2.16. The first-order chi connectivity index (χ1) is 6.52. The Balaban J connectivity index is 1.99. The molecule has 0 N–H and O–H groups in total. The Morgan fingerprint density at radius 2 is 1.64 bits per heavy atom. The van der Waals surface area contributed by atoms with Crippen LogP contribution in [0.2, 0.25) is 0 Å². The average molecular weight is 241 g/mol. The highest BCUT2D eigenvalue weighted by molar-refractivity contribution is 7.53. The van der Waals surface area contributed by atoms with Crippen LogP contribution in [0.25, 0.3) is 0 Å². The van der Waals surface area contributed by atoms with E-state index < -0.39 is 21.3 Å². The Bertz CT molecular complexity index is 279. The summed E-state index contributed by atoms with van der Waals surface area (Å²) < 4.78 is 42.0. The third-order valence-corrected chi connectivity index (χ3v) is 4.04.